The van der Waals surface area contributed by atoms with Gasteiger partial charge in [0.15, 0.2) is 0 Å². The van der Waals surface area contributed by atoms with E-state index in [-0.39, 0.29) is 5.41 Å². The number of thiazole rings is 1. The van der Waals surface area contributed by atoms with Gasteiger partial charge in [0.25, 0.3) is 0 Å². The lowest BCUT2D eigenvalue weighted by molar-refractivity contribution is 0.551. The zero-order valence-electron chi connectivity index (χ0n) is 10.4. The van der Waals surface area contributed by atoms with Crippen LogP contribution in [-0.4, -0.2) is 17.6 Å². The second kappa shape index (κ2) is 5.08. The zero-order valence-corrected chi connectivity index (χ0v) is 11.2. The fourth-order valence-electron chi connectivity index (χ4n) is 1.48. The molecular weight excluding hydrogens is 204 g/mol. The monoisotopic (exact) mass is 226 g/mol. The standard InChI is InChI=1S/C12H22N2S/c1-6-13-9(2)7-10-8-15-11(14-10)12(3,4)5/h8-9,13H,6-7H2,1-5H3. The van der Waals surface area contributed by atoms with E-state index in [0.717, 1.165) is 13.0 Å². The third-order valence-corrected chi connectivity index (χ3v) is 3.58. The lowest BCUT2D eigenvalue weighted by atomic mass is 9.98. The highest BCUT2D eigenvalue weighted by Gasteiger charge is 2.18. The average Bonchev–Trinajstić information content (AvgIpc) is 2.52. The smallest absolute Gasteiger partial charge is 0.0981 e. The van der Waals surface area contributed by atoms with Crippen molar-refractivity contribution in [3.8, 4) is 0 Å². The maximum atomic E-state index is 4.68. The molecule has 0 spiro atoms. The number of hydrogen-bond donors (Lipinski definition) is 1. The van der Waals surface area contributed by atoms with Crippen LogP contribution in [0.25, 0.3) is 0 Å². The van der Waals surface area contributed by atoms with Crippen molar-refractivity contribution in [2.75, 3.05) is 6.54 Å². The summed E-state index contributed by atoms with van der Waals surface area (Å²) >= 11 is 1.78. The van der Waals surface area contributed by atoms with Gasteiger partial charge in [-0.05, 0) is 13.5 Å². The Hall–Kier alpha value is -0.410. The third kappa shape index (κ3) is 3.92. The number of rotatable bonds is 4. The van der Waals surface area contributed by atoms with Gasteiger partial charge in [-0.15, -0.1) is 11.3 Å². The molecule has 3 heteroatoms. The van der Waals surface area contributed by atoms with Crippen molar-refractivity contribution < 1.29 is 0 Å². The summed E-state index contributed by atoms with van der Waals surface area (Å²) in [5, 5.41) is 6.83. The molecule has 0 aromatic carbocycles. The highest BCUT2D eigenvalue weighted by atomic mass is 32.1. The van der Waals surface area contributed by atoms with E-state index in [2.05, 4.69) is 50.3 Å². The van der Waals surface area contributed by atoms with Gasteiger partial charge < -0.3 is 5.32 Å². The first kappa shape index (κ1) is 12.7. The van der Waals surface area contributed by atoms with E-state index in [1.54, 1.807) is 11.3 Å². The van der Waals surface area contributed by atoms with Gasteiger partial charge in [0.1, 0.15) is 0 Å². The van der Waals surface area contributed by atoms with Crippen molar-refractivity contribution >= 4 is 11.3 Å². The number of nitrogens with one attached hydrogen (secondary N) is 1. The Labute approximate surface area is 97.1 Å². The molecule has 0 aliphatic carbocycles. The Morgan fingerprint density at radius 3 is 2.60 bits per heavy atom. The van der Waals surface area contributed by atoms with E-state index in [0.29, 0.717) is 6.04 Å². The molecule has 1 aromatic heterocycles. The summed E-state index contributed by atoms with van der Waals surface area (Å²) in [6.45, 7) is 12.0. The molecule has 0 saturated heterocycles. The maximum absolute atomic E-state index is 4.68. The second-order valence-electron chi connectivity index (χ2n) is 5.06. The van der Waals surface area contributed by atoms with Crippen LogP contribution in [0, 0.1) is 0 Å². The molecule has 1 aromatic rings. The number of nitrogens with zero attached hydrogens (tertiary/aromatic N) is 1. The molecule has 0 radical (unpaired) electrons. The Bertz CT molecular complexity index is 299. The molecule has 1 rings (SSSR count). The van der Waals surface area contributed by atoms with Crippen LogP contribution in [0.5, 0.6) is 0 Å². The van der Waals surface area contributed by atoms with E-state index in [1.807, 2.05) is 0 Å². The summed E-state index contributed by atoms with van der Waals surface area (Å²) < 4.78 is 0. The molecule has 0 aliphatic heterocycles. The summed E-state index contributed by atoms with van der Waals surface area (Å²) in [4.78, 5) is 4.68. The minimum Gasteiger partial charge on any atom is -0.314 e. The van der Waals surface area contributed by atoms with Gasteiger partial charge in [0.05, 0.1) is 10.7 Å². The summed E-state index contributed by atoms with van der Waals surface area (Å²) in [6.07, 6.45) is 1.03. The van der Waals surface area contributed by atoms with Crippen molar-refractivity contribution in [3.63, 3.8) is 0 Å². The highest BCUT2D eigenvalue weighted by molar-refractivity contribution is 7.09. The molecule has 1 N–H and O–H groups in total. The lowest BCUT2D eigenvalue weighted by Gasteiger charge is -2.14. The third-order valence-electron chi connectivity index (χ3n) is 2.26. The fourth-order valence-corrected chi connectivity index (χ4v) is 2.40. The van der Waals surface area contributed by atoms with Gasteiger partial charge in [0.2, 0.25) is 0 Å². The molecule has 0 saturated carbocycles. The van der Waals surface area contributed by atoms with E-state index < -0.39 is 0 Å². The molecule has 1 atom stereocenters. The van der Waals surface area contributed by atoms with Crippen molar-refractivity contribution in [1.82, 2.24) is 10.3 Å². The maximum Gasteiger partial charge on any atom is 0.0981 e. The van der Waals surface area contributed by atoms with Crippen LogP contribution in [0.15, 0.2) is 5.38 Å². The van der Waals surface area contributed by atoms with Gasteiger partial charge >= 0.3 is 0 Å². The van der Waals surface area contributed by atoms with Gasteiger partial charge in [-0.25, -0.2) is 4.98 Å². The van der Waals surface area contributed by atoms with E-state index in [9.17, 15) is 0 Å². The zero-order chi connectivity index (χ0) is 11.5. The number of aromatic nitrogens is 1. The molecule has 1 unspecified atom stereocenters. The largest absolute Gasteiger partial charge is 0.314 e. The molecule has 0 fully saturated rings. The molecule has 0 aliphatic rings. The summed E-state index contributed by atoms with van der Waals surface area (Å²) in [7, 11) is 0. The predicted octanol–water partition coefficient (Wildman–Crippen LogP) is 2.98. The molecule has 86 valence electrons. The van der Waals surface area contributed by atoms with E-state index in [1.165, 1.54) is 10.7 Å². The Morgan fingerprint density at radius 1 is 1.47 bits per heavy atom. The molecule has 0 amide bonds. The van der Waals surface area contributed by atoms with Crippen molar-refractivity contribution in [2.45, 2.75) is 52.5 Å². The van der Waals surface area contributed by atoms with Crippen molar-refractivity contribution in [3.05, 3.63) is 16.1 Å². The molecule has 2 nitrogen and oxygen atoms in total. The van der Waals surface area contributed by atoms with Crippen molar-refractivity contribution in [2.24, 2.45) is 0 Å². The first-order valence-corrected chi connectivity index (χ1v) is 6.49. The average molecular weight is 226 g/mol. The topological polar surface area (TPSA) is 24.9 Å². The van der Waals surface area contributed by atoms with Gasteiger partial charge in [-0.3, -0.25) is 0 Å². The lowest BCUT2D eigenvalue weighted by Crippen LogP contribution is -2.27. The molecular formula is C12H22N2S. The number of hydrogen-bond acceptors (Lipinski definition) is 3. The van der Waals surface area contributed by atoms with Crippen LogP contribution in [-0.2, 0) is 11.8 Å². The normalized spacial score (nSPS) is 14.2. The van der Waals surface area contributed by atoms with Crippen LogP contribution in [0.1, 0.15) is 45.3 Å². The molecule has 15 heavy (non-hydrogen) atoms. The van der Waals surface area contributed by atoms with Gasteiger partial charge in [-0.1, -0.05) is 27.7 Å². The van der Waals surface area contributed by atoms with Crippen LogP contribution >= 0.6 is 11.3 Å². The van der Waals surface area contributed by atoms with Crippen LogP contribution < -0.4 is 5.32 Å². The van der Waals surface area contributed by atoms with Gasteiger partial charge in [0, 0.05) is 23.3 Å². The summed E-state index contributed by atoms with van der Waals surface area (Å²) in [5.41, 5.74) is 1.41. The first-order chi connectivity index (χ1) is 6.93. The SMILES string of the molecule is CCNC(C)Cc1csc(C(C)(C)C)n1. The Morgan fingerprint density at radius 2 is 2.13 bits per heavy atom. The van der Waals surface area contributed by atoms with Crippen LogP contribution in [0.3, 0.4) is 0 Å². The first-order valence-electron chi connectivity index (χ1n) is 5.61. The van der Waals surface area contributed by atoms with Crippen LogP contribution in [0.4, 0.5) is 0 Å². The minimum atomic E-state index is 0.185. The predicted molar refractivity (Wildman–Crippen MR) is 67.7 cm³/mol. The Kier molecular flexibility index (Phi) is 4.29. The van der Waals surface area contributed by atoms with Crippen molar-refractivity contribution in [1.29, 1.82) is 0 Å². The van der Waals surface area contributed by atoms with E-state index >= 15 is 0 Å². The quantitative estimate of drug-likeness (QED) is 0.854. The van der Waals surface area contributed by atoms with Crippen LogP contribution in [0.2, 0.25) is 0 Å². The molecule has 0 bridgehead atoms. The summed E-state index contributed by atoms with van der Waals surface area (Å²) in [6, 6.07) is 0.518. The second-order valence-corrected chi connectivity index (χ2v) is 5.91. The fraction of sp³-hybridized carbons (Fsp3) is 0.750. The van der Waals surface area contributed by atoms with E-state index in [4.69, 9.17) is 0 Å². The summed E-state index contributed by atoms with van der Waals surface area (Å²) in [5.74, 6) is 0. The minimum absolute atomic E-state index is 0.185. The highest BCUT2D eigenvalue weighted by Crippen LogP contribution is 2.25. The Balaban J connectivity index is 2.61. The molecule has 1 heterocycles. The van der Waals surface area contributed by atoms with Gasteiger partial charge in [-0.2, -0.15) is 0 Å². The number of likely N-dealkylation sites (N-methyl/N-ethyl adjacent to an activating group) is 1.